The number of nitrogens with zero attached hydrogens (tertiary/aromatic N) is 2. The molecule has 2 aromatic carbocycles. The number of carbonyl (C=O) groups is 1. The van der Waals surface area contributed by atoms with Crippen LogP contribution in [-0.2, 0) is 16.6 Å². The van der Waals surface area contributed by atoms with E-state index in [2.05, 4.69) is 15.0 Å². The van der Waals surface area contributed by atoms with Gasteiger partial charge in [-0.25, -0.2) is 13.4 Å². The number of thiazole rings is 1. The summed E-state index contributed by atoms with van der Waals surface area (Å²) in [6.45, 7) is 0.264. The van der Waals surface area contributed by atoms with Gasteiger partial charge in [0.15, 0.2) is 5.13 Å². The number of aromatic nitrogens is 1. The monoisotopic (exact) mass is 398 g/mol. The van der Waals surface area contributed by atoms with Gasteiger partial charge in [0.1, 0.15) is 0 Å². The summed E-state index contributed by atoms with van der Waals surface area (Å²) in [6.07, 6.45) is 1.50. The smallest absolute Gasteiger partial charge is 0.263 e. The number of hydrogen-bond donors (Lipinski definition) is 2. The molecule has 0 spiro atoms. The van der Waals surface area contributed by atoms with E-state index >= 15 is 0 Å². The lowest BCUT2D eigenvalue weighted by Gasteiger charge is -2.08. The highest BCUT2D eigenvalue weighted by atomic mass is 32.2. The number of benzene rings is 2. The summed E-state index contributed by atoms with van der Waals surface area (Å²) in [6, 6.07) is 14.6. The Kier molecular flexibility index (Phi) is 5.49. The van der Waals surface area contributed by atoms with Crippen molar-refractivity contribution in [1.82, 2.24) is 10.3 Å². The SMILES string of the molecule is N#Cc1cccc(CNC(=O)c2ccc(S(=O)(=O)Nc3nccs3)cc2)c1. The van der Waals surface area contributed by atoms with Crippen LogP contribution in [0.4, 0.5) is 5.13 Å². The maximum Gasteiger partial charge on any atom is 0.263 e. The molecule has 0 saturated heterocycles. The molecule has 136 valence electrons. The van der Waals surface area contributed by atoms with E-state index in [-0.39, 0.29) is 22.5 Å². The maximum absolute atomic E-state index is 12.3. The molecule has 1 heterocycles. The minimum atomic E-state index is -3.75. The Hall–Kier alpha value is -3.22. The molecule has 0 aliphatic rings. The van der Waals surface area contributed by atoms with Crippen LogP contribution in [0.25, 0.3) is 0 Å². The van der Waals surface area contributed by atoms with Crippen LogP contribution in [0.1, 0.15) is 21.5 Å². The molecule has 0 radical (unpaired) electrons. The predicted octanol–water partition coefficient (Wildman–Crippen LogP) is 2.75. The fourth-order valence-electron chi connectivity index (χ4n) is 2.27. The van der Waals surface area contributed by atoms with Gasteiger partial charge >= 0.3 is 0 Å². The van der Waals surface area contributed by atoms with Crippen molar-refractivity contribution in [1.29, 1.82) is 5.26 Å². The second-order valence-corrected chi connectivity index (χ2v) is 8.04. The number of carbonyl (C=O) groups excluding carboxylic acids is 1. The van der Waals surface area contributed by atoms with Gasteiger partial charge in [-0.1, -0.05) is 12.1 Å². The fraction of sp³-hybridized carbons (Fsp3) is 0.0556. The Morgan fingerprint density at radius 1 is 1.19 bits per heavy atom. The predicted molar refractivity (Wildman–Crippen MR) is 102 cm³/mol. The summed E-state index contributed by atoms with van der Waals surface area (Å²) in [4.78, 5) is 16.2. The quantitative estimate of drug-likeness (QED) is 0.663. The standard InChI is InChI=1S/C18H14N4O3S2/c19-11-13-2-1-3-14(10-13)12-21-17(23)15-4-6-16(7-5-15)27(24,25)22-18-20-8-9-26-18/h1-10H,12H2,(H,20,22)(H,21,23). The number of anilines is 1. The van der Waals surface area contributed by atoms with Gasteiger partial charge in [-0.15, -0.1) is 11.3 Å². The van der Waals surface area contributed by atoms with Crippen molar-refractivity contribution in [2.24, 2.45) is 0 Å². The third-order valence-corrected chi connectivity index (χ3v) is 5.76. The number of rotatable bonds is 6. The van der Waals surface area contributed by atoms with Crippen LogP contribution < -0.4 is 10.0 Å². The molecule has 1 aromatic heterocycles. The Bertz CT molecular complexity index is 1090. The highest BCUT2D eigenvalue weighted by Gasteiger charge is 2.16. The Morgan fingerprint density at radius 2 is 1.96 bits per heavy atom. The van der Waals surface area contributed by atoms with Gasteiger partial charge < -0.3 is 5.32 Å². The zero-order valence-corrected chi connectivity index (χ0v) is 15.5. The first-order valence-electron chi connectivity index (χ1n) is 7.77. The second kappa shape index (κ2) is 7.99. The molecule has 1 amide bonds. The van der Waals surface area contributed by atoms with Crippen LogP contribution in [0.3, 0.4) is 0 Å². The molecule has 0 aliphatic carbocycles. The van der Waals surface area contributed by atoms with Gasteiger partial charge in [0.25, 0.3) is 15.9 Å². The van der Waals surface area contributed by atoms with E-state index in [0.29, 0.717) is 11.1 Å². The van der Waals surface area contributed by atoms with E-state index in [0.717, 1.165) is 5.56 Å². The lowest BCUT2D eigenvalue weighted by atomic mass is 10.1. The highest BCUT2D eigenvalue weighted by molar-refractivity contribution is 7.93. The topological polar surface area (TPSA) is 112 Å². The molecule has 3 aromatic rings. The largest absolute Gasteiger partial charge is 0.348 e. The molecule has 0 saturated carbocycles. The van der Waals surface area contributed by atoms with Gasteiger partial charge in [-0.3, -0.25) is 9.52 Å². The van der Waals surface area contributed by atoms with E-state index in [9.17, 15) is 13.2 Å². The minimum absolute atomic E-state index is 0.0379. The highest BCUT2D eigenvalue weighted by Crippen LogP contribution is 2.18. The first-order chi connectivity index (χ1) is 13.0. The summed E-state index contributed by atoms with van der Waals surface area (Å²) in [5.41, 5.74) is 1.65. The summed E-state index contributed by atoms with van der Waals surface area (Å²) in [5, 5.41) is 13.6. The van der Waals surface area contributed by atoms with Gasteiger partial charge in [0.05, 0.1) is 16.5 Å². The van der Waals surface area contributed by atoms with Crippen molar-refractivity contribution in [3.8, 4) is 6.07 Å². The molecule has 0 aliphatic heterocycles. The van der Waals surface area contributed by atoms with Gasteiger partial charge in [0.2, 0.25) is 0 Å². The van der Waals surface area contributed by atoms with Crippen LogP contribution in [-0.4, -0.2) is 19.3 Å². The molecule has 9 heteroatoms. The van der Waals surface area contributed by atoms with Crippen LogP contribution in [0, 0.1) is 11.3 Å². The van der Waals surface area contributed by atoms with Gasteiger partial charge in [0, 0.05) is 23.7 Å². The molecule has 27 heavy (non-hydrogen) atoms. The van der Waals surface area contributed by atoms with E-state index in [1.807, 2.05) is 6.07 Å². The summed E-state index contributed by atoms with van der Waals surface area (Å²) >= 11 is 1.17. The third kappa shape index (κ3) is 4.69. The molecular weight excluding hydrogens is 384 g/mol. The number of nitriles is 1. The minimum Gasteiger partial charge on any atom is -0.348 e. The van der Waals surface area contributed by atoms with Crippen LogP contribution >= 0.6 is 11.3 Å². The molecular formula is C18H14N4O3S2. The number of sulfonamides is 1. The Morgan fingerprint density at radius 3 is 2.63 bits per heavy atom. The van der Waals surface area contributed by atoms with Crippen LogP contribution in [0.2, 0.25) is 0 Å². The van der Waals surface area contributed by atoms with Gasteiger partial charge in [-0.05, 0) is 42.0 Å². The molecule has 7 nitrogen and oxygen atoms in total. The lowest BCUT2D eigenvalue weighted by molar-refractivity contribution is 0.0951. The van der Waals surface area contributed by atoms with E-state index in [1.165, 1.54) is 41.8 Å². The molecule has 0 fully saturated rings. The first kappa shape index (κ1) is 18.6. The number of amides is 1. The second-order valence-electron chi connectivity index (χ2n) is 5.46. The molecule has 0 unspecified atom stereocenters. The maximum atomic E-state index is 12.3. The lowest BCUT2D eigenvalue weighted by Crippen LogP contribution is -2.23. The van der Waals surface area contributed by atoms with Crippen molar-refractivity contribution >= 4 is 32.4 Å². The number of hydrogen-bond acceptors (Lipinski definition) is 6. The normalized spacial score (nSPS) is 10.8. The fourth-order valence-corrected chi connectivity index (χ4v) is 4.06. The summed E-state index contributed by atoms with van der Waals surface area (Å²) in [5.74, 6) is -0.339. The summed E-state index contributed by atoms with van der Waals surface area (Å²) in [7, 11) is -3.75. The average Bonchev–Trinajstić information content (AvgIpc) is 3.18. The van der Waals surface area contributed by atoms with Crippen LogP contribution in [0.5, 0.6) is 0 Å². The summed E-state index contributed by atoms with van der Waals surface area (Å²) < 4.78 is 26.9. The van der Waals surface area contributed by atoms with Crippen LogP contribution in [0.15, 0.2) is 65.0 Å². The van der Waals surface area contributed by atoms with Crippen molar-refractivity contribution in [2.45, 2.75) is 11.4 Å². The Balaban J connectivity index is 1.65. The van der Waals surface area contributed by atoms with Crippen molar-refractivity contribution < 1.29 is 13.2 Å². The number of nitrogens with one attached hydrogen (secondary N) is 2. The molecule has 3 rings (SSSR count). The van der Waals surface area contributed by atoms with E-state index in [1.54, 1.807) is 29.6 Å². The van der Waals surface area contributed by atoms with E-state index in [4.69, 9.17) is 5.26 Å². The molecule has 2 N–H and O–H groups in total. The van der Waals surface area contributed by atoms with Crippen molar-refractivity contribution in [2.75, 3.05) is 4.72 Å². The molecule has 0 atom stereocenters. The zero-order valence-electron chi connectivity index (χ0n) is 13.9. The van der Waals surface area contributed by atoms with Crippen molar-refractivity contribution in [3.63, 3.8) is 0 Å². The first-order valence-corrected chi connectivity index (χ1v) is 10.1. The third-order valence-electron chi connectivity index (χ3n) is 3.59. The molecule has 0 bridgehead atoms. The van der Waals surface area contributed by atoms with Gasteiger partial charge in [-0.2, -0.15) is 5.26 Å². The van der Waals surface area contributed by atoms with E-state index < -0.39 is 10.0 Å². The Labute approximate surface area is 160 Å². The average molecular weight is 398 g/mol. The zero-order chi connectivity index (χ0) is 19.3. The van der Waals surface area contributed by atoms with Crippen molar-refractivity contribution in [3.05, 3.63) is 76.8 Å².